The Morgan fingerprint density at radius 3 is 2.56 bits per heavy atom. The number of rotatable bonds is 7. The molecule has 1 rings (SSSR count). The molecule has 0 radical (unpaired) electrons. The molecule has 6 heteroatoms. The van der Waals surface area contributed by atoms with Gasteiger partial charge in [-0.25, -0.2) is 13.1 Å². The molecule has 1 unspecified atom stereocenters. The summed E-state index contributed by atoms with van der Waals surface area (Å²) >= 11 is 0. The minimum absolute atomic E-state index is 0.119. The van der Waals surface area contributed by atoms with Crippen molar-refractivity contribution in [2.24, 2.45) is 5.92 Å². The predicted octanol–water partition coefficient (Wildman–Crippen LogP) is 0.409. The van der Waals surface area contributed by atoms with Crippen molar-refractivity contribution in [3.8, 4) is 0 Å². The molecule has 1 aliphatic rings. The molecule has 0 saturated carbocycles. The van der Waals surface area contributed by atoms with Crippen LogP contribution in [-0.4, -0.2) is 56.5 Å². The third-order valence-electron chi connectivity index (χ3n) is 3.36. The standard InChI is InChI=1S/C12H26N2O3S/c1-3-8-18(16,17)13-9-12(15)10-14-6-4-11(2)5-7-14/h11-13,15H,3-10H2,1-2H3. The zero-order valence-corrected chi connectivity index (χ0v) is 12.2. The first-order valence-corrected chi connectivity index (χ1v) is 8.46. The van der Waals surface area contributed by atoms with Gasteiger partial charge >= 0.3 is 0 Å². The summed E-state index contributed by atoms with van der Waals surface area (Å²) in [5.41, 5.74) is 0. The fourth-order valence-electron chi connectivity index (χ4n) is 2.17. The van der Waals surface area contributed by atoms with Crippen LogP contribution in [0.2, 0.25) is 0 Å². The summed E-state index contributed by atoms with van der Waals surface area (Å²) < 4.78 is 25.3. The number of likely N-dealkylation sites (tertiary alicyclic amines) is 1. The van der Waals surface area contributed by atoms with Crippen LogP contribution in [0, 0.1) is 5.92 Å². The molecule has 0 aromatic heterocycles. The normalized spacial score (nSPS) is 21.1. The second kappa shape index (κ2) is 7.43. The molecule has 0 amide bonds. The first-order chi connectivity index (χ1) is 8.43. The van der Waals surface area contributed by atoms with Crippen LogP contribution in [0.3, 0.4) is 0 Å². The van der Waals surface area contributed by atoms with Crippen molar-refractivity contribution in [1.82, 2.24) is 9.62 Å². The molecule has 1 fully saturated rings. The van der Waals surface area contributed by atoms with Gasteiger partial charge in [-0.3, -0.25) is 0 Å². The molecule has 5 nitrogen and oxygen atoms in total. The topological polar surface area (TPSA) is 69.6 Å². The Balaban J connectivity index is 2.23. The number of aliphatic hydroxyl groups is 1. The van der Waals surface area contributed by atoms with E-state index in [1.807, 2.05) is 6.92 Å². The molecule has 1 aliphatic heterocycles. The third kappa shape index (κ3) is 6.13. The van der Waals surface area contributed by atoms with Crippen LogP contribution in [0.15, 0.2) is 0 Å². The van der Waals surface area contributed by atoms with E-state index in [0.29, 0.717) is 13.0 Å². The van der Waals surface area contributed by atoms with E-state index in [1.165, 1.54) is 0 Å². The monoisotopic (exact) mass is 278 g/mol. The zero-order valence-electron chi connectivity index (χ0n) is 11.4. The van der Waals surface area contributed by atoms with Crippen molar-refractivity contribution in [3.63, 3.8) is 0 Å². The molecule has 0 spiro atoms. The number of sulfonamides is 1. The van der Waals surface area contributed by atoms with Gasteiger partial charge < -0.3 is 10.0 Å². The minimum atomic E-state index is -3.20. The Bertz CT molecular complexity index is 324. The first-order valence-electron chi connectivity index (χ1n) is 6.80. The van der Waals surface area contributed by atoms with Crippen molar-refractivity contribution in [2.45, 2.75) is 39.2 Å². The Kier molecular flexibility index (Phi) is 6.55. The second-order valence-corrected chi connectivity index (χ2v) is 7.23. The molecular weight excluding hydrogens is 252 g/mol. The van der Waals surface area contributed by atoms with Crippen LogP contribution in [0.25, 0.3) is 0 Å². The molecule has 0 aromatic rings. The maximum absolute atomic E-state index is 11.4. The molecule has 0 aliphatic carbocycles. The van der Waals surface area contributed by atoms with Crippen LogP contribution in [-0.2, 0) is 10.0 Å². The van der Waals surface area contributed by atoms with E-state index in [0.717, 1.165) is 31.8 Å². The van der Waals surface area contributed by atoms with Crippen LogP contribution >= 0.6 is 0 Å². The maximum Gasteiger partial charge on any atom is 0.211 e. The van der Waals surface area contributed by atoms with Gasteiger partial charge in [-0.1, -0.05) is 13.8 Å². The average molecular weight is 278 g/mol. The van der Waals surface area contributed by atoms with Crippen molar-refractivity contribution >= 4 is 10.0 Å². The fraction of sp³-hybridized carbons (Fsp3) is 1.00. The van der Waals surface area contributed by atoms with Crippen LogP contribution in [0.1, 0.15) is 33.1 Å². The van der Waals surface area contributed by atoms with Gasteiger partial charge in [-0.15, -0.1) is 0 Å². The molecule has 0 aromatic carbocycles. The van der Waals surface area contributed by atoms with Crippen molar-refractivity contribution in [3.05, 3.63) is 0 Å². The van der Waals surface area contributed by atoms with Gasteiger partial charge in [0.15, 0.2) is 0 Å². The molecule has 18 heavy (non-hydrogen) atoms. The quantitative estimate of drug-likeness (QED) is 0.707. The van der Waals surface area contributed by atoms with E-state index in [2.05, 4.69) is 16.5 Å². The SMILES string of the molecule is CCCS(=O)(=O)NCC(O)CN1CCC(C)CC1. The summed E-state index contributed by atoms with van der Waals surface area (Å²) in [6.45, 7) is 6.74. The fourth-order valence-corrected chi connectivity index (χ4v) is 3.30. The van der Waals surface area contributed by atoms with E-state index < -0.39 is 16.1 Å². The van der Waals surface area contributed by atoms with Crippen LogP contribution < -0.4 is 4.72 Å². The first kappa shape index (κ1) is 15.9. The summed E-state index contributed by atoms with van der Waals surface area (Å²) in [5.74, 6) is 0.891. The average Bonchev–Trinajstić information content (AvgIpc) is 2.30. The molecule has 1 atom stereocenters. The van der Waals surface area contributed by atoms with Crippen LogP contribution in [0.4, 0.5) is 0 Å². The van der Waals surface area contributed by atoms with Gasteiger partial charge in [0.2, 0.25) is 10.0 Å². The summed E-state index contributed by atoms with van der Waals surface area (Å²) in [4.78, 5) is 2.21. The third-order valence-corrected chi connectivity index (χ3v) is 4.91. The lowest BCUT2D eigenvalue weighted by molar-refractivity contribution is 0.0942. The lowest BCUT2D eigenvalue weighted by Gasteiger charge is -2.31. The smallest absolute Gasteiger partial charge is 0.211 e. The zero-order chi connectivity index (χ0) is 13.6. The lowest BCUT2D eigenvalue weighted by Crippen LogP contribution is -2.43. The summed E-state index contributed by atoms with van der Waals surface area (Å²) in [6, 6.07) is 0. The lowest BCUT2D eigenvalue weighted by atomic mass is 9.99. The number of β-amino-alcohol motifs (C(OH)–C–C–N with tert-alkyl or cyclic N) is 1. The Labute approximate surface area is 111 Å². The molecule has 1 heterocycles. The van der Waals surface area contributed by atoms with Crippen molar-refractivity contribution < 1.29 is 13.5 Å². The highest BCUT2D eigenvalue weighted by molar-refractivity contribution is 7.89. The largest absolute Gasteiger partial charge is 0.390 e. The van der Waals surface area contributed by atoms with Crippen molar-refractivity contribution in [1.29, 1.82) is 0 Å². The highest BCUT2D eigenvalue weighted by Crippen LogP contribution is 2.15. The van der Waals surface area contributed by atoms with E-state index in [-0.39, 0.29) is 12.3 Å². The number of hydrogen-bond donors (Lipinski definition) is 2. The van der Waals surface area contributed by atoms with Gasteiger partial charge in [0.25, 0.3) is 0 Å². The molecule has 108 valence electrons. The number of hydrogen-bond acceptors (Lipinski definition) is 4. The minimum Gasteiger partial charge on any atom is -0.390 e. The van der Waals surface area contributed by atoms with E-state index in [9.17, 15) is 13.5 Å². The summed E-state index contributed by atoms with van der Waals surface area (Å²) in [5, 5.41) is 9.83. The Hall–Kier alpha value is -0.170. The van der Waals surface area contributed by atoms with E-state index in [1.54, 1.807) is 0 Å². The van der Waals surface area contributed by atoms with Gasteiger partial charge in [0.05, 0.1) is 11.9 Å². The highest BCUT2D eigenvalue weighted by atomic mass is 32.2. The number of nitrogens with zero attached hydrogens (tertiary/aromatic N) is 1. The molecule has 1 saturated heterocycles. The Morgan fingerprint density at radius 1 is 1.39 bits per heavy atom. The Morgan fingerprint density at radius 2 is 2.00 bits per heavy atom. The van der Waals surface area contributed by atoms with E-state index in [4.69, 9.17) is 0 Å². The maximum atomic E-state index is 11.4. The number of aliphatic hydroxyl groups excluding tert-OH is 1. The number of piperidine rings is 1. The summed E-state index contributed by atoms with van der Waals surface area (Å²) in [7, 11) is -3.20. The van der Waals surface area contributed by atoms with E-state index >= 15 is 0 Å². The second-order valence-electron chi connectivity index (χ2n) is 5.30. The van der Waals surface area contributed by atoms with Gasteiger partial charge in [0, 0.05) is 13.1 Å². The van der Waals surface area contributed by atoms with Gasteiger partial charge in [-0.05, 0) is 38.3 Å². The molecule has 2 N–H and O–H groups in total. The van der Waals surface area contributed by atoms with Gasteiger partial charge in [0.1, 0.15) is 0 Å². The molecular formula is C12H26N2O3S. The van der Waals surface area contributed by atoms with Gasteiger partial charge in [-0.2, -0.15) is 0 Å². The highest BCUT2D eigenvalue weighted by Gasteiger charge is 2.19. The predicted molar refractivity (Wildman–Crippen MR) is 72.9 cm³/mol. The molecule has 0 bridgehead atoms. The van der Waals surface area contributed by atoms with Crippen LogP contribution in [0.5, 0.6) is 0 Å². The summed E-state index contributed by atoms with van der Waals surface area (Å²) in [6.07, 6.45) is 2.29. The number of nitrogens with one attached hydrogen (secondary N) is 1. The van der Waals surface area contributed by atoms with Crippen molar-refractivity contribution in [2.75, 3.05) is 31.9 Å².